The molecule has 1 saturated heterocycles. The Kier molecular flexibility index (Phi) is 8.11. The van der Waals surface area contributed by atoms with Gasteiger partial charge in [0, 0.05) is 6.54 Å². The first-order chi connectivity index (χ1) is 9.21. The molecule has 1 rings (SSSR count). The first kappa shape index (κ1) is 16.5. The van der Waals surface area contributed by atoms with Crippen LogP contribution in [-0.4, -0.2) is 25.0 Å². The topological polar surface area (TPSA) is 41.1 Å². The van der Waals surface area contributed by atoms with E-state index in [1.165, 1.54) is 38.5 Å². The van der Waals surface area contributed by atoms with Gasteiger partial charge < -0.3 is 10.6 Å². The molecule has 3 nitrogen and oxygen atoms in total. The number of nitrogens with one attached hydrogen (secondary N) is 2. The highest BCUT2D eigenvalue weighted by molar-refractivity contribution is 5.81. The van der Waals surface area contributed by atoms with Crippen LogP contribution in [0.5, 0.6) is 0 Å². The highest BCUT2D eigenvalue weighted by Gasteiger charge is 2.27. The quantitative estimate of drug-likeness (QED) is 0.710. The Morgan fingerprint density at radius 2 is 2.16 bits per heavy atom. The molecule has 0 aromatic rings. The van der Waals surface area contributed by atoms with Crippen molar-refractivity contribution in [2.45, 2.75) is 71.8 Å². The van der Waals surface area contributed by atoms with Gasteiger partial charge in [0.15, 0.2) is 0 Å². The number of piperidine rings is 1. The molecule has 112 valence electrons. The molecule has 0 aliphatic carbocycles. The summed E-state index contributed by atoms with van der Waals surface area (Å²) in [5.74, 6) is 1.78. The Balaban J connectivity index is 2.38. The Bertz CT molecular complexity index is 255. The Labute approximate surface area is 118 Å². The van der Waals surface area contributed by atoms with Gasteiger partial charge in [-0.25, -0.2) is 0 Å². The van der Waals surface area contributed by atoms with Crippen LogP contribution in [-0.2, 0) is 4.79 Å². The third-order valence-electron chi connectivity index (χ3n) is 4.39. The van der Waals surface area contributed by atoms with Crippen LogP contribution in [0.25, 0.3) is 0 Å². The maximum Gasteiger partial charge on any atom is 0.237 e. The number of unbranched alkanes of at least 4 members (excludes halogenated alkanes) is 1. The highest BCUT2D eigenvalue weighted by atomic mass is 16.2. The molecule has 0 bridgehead atoms. The van der Waals surface area contributed by atoms with Crippen molar-refractivity contribution in [3.05, 3.63) is 0 Å². The minimum Gasteiger partial charge on any atom is -0.355 e. The van der Waals surface area contributed by atoms with Crippen molar-refractivity contribution >= 4 is 5.91 Å². The number of likely N-dealkylation sites (N-methyl/N-ethyl adjacent to an activating group) is 1. The summed E-state index contributed by atoms with van der Waals surface area (Å²) >= 11 is 0. The first-order valence-corrected chi connectivity index (χ1v) is 8.22. The molecule has 3 unspecified atom stereocenters. The number of amides is 1. The third-order valence-corrected chi connectivity index (χ3v) is 4.39. The van der Waals surface area contributed by atoms with Crippen LogP contribution < -0.4 is 10.6 Å². The molecule has 0 aromatic heterocycles. The van der Waals surface area contributed by atoms with Gasteiger partial charge >= 0.3 is 0 Å². The predicted octanol–water partition coefficient (Wildman–Crippen LogP) is 3.10. The zero-order chi connectivity index (χ0) is 14.1. The Morgan fingerprint density at radius 3 is 2.79 bits per heavy atom. The fourth-order valence-corrected chi connectivity index (χ4v) is 3.16. The number of hydrogen-bond acceptors (Lipinski definition) is 2. The molecule has 1 amide bonds. The average molecular weight is 268 g/mol. The monoisotopic (exact) mass is 268 g/mol. The van der Waals surface area contributed by atoms with Crippen LogP contribution in [0.15, 0.2) is 0 Å². The normalized spacial score (nSPS) is 25.0. The zero-order valence-electron chi connectivity index (χ0n) is 13.0. The minimum atomic E-state index is 0.0439. The number of carbonyl (C=O) groups excluding carboxylic acids is 1. The smallest absolute Gasteiger partial charge is 0.237 e. The third kappa shape index (κ3) is 5.94. The van der Waals surface area contributed by atoms with Crippen molar-refractivity contribution in [1.29, 1.82) is 0 Å². The van der Waals surface area contributed by atoms with E-state index < -0.39 is 0 Å². The van der Waals surface area contributed by atoms with Crippen molar-refractivity contribution in [2.75, 3.05) is 13.1 Å². The van der Waals surface area contributed by atoms with E-state index in [0.717, 1.165) is 31.3 Å². The van der Waals surface area contributed by atoms with Gasteiger partial charge in [0.1, 0.15) is 0 Å². The van der Waals surface area contributed by atoms with Crippen molar-refractivity contribution in [3.8, 4) is 0 Å². The van der Waals surface area contributed by atoms with Crippen LogP contribution in [0.1, 0.15) is 65.7 Å². The van der Waals surface area contributed by atoms with Crippen molar-refractivity contribution in [2.24, 2.45) is 11.8 Å². The van der Waals surface area contributed by atoms with E-state index in [-0.39, 0.29) is 11.9 Å². The summed E-state index contributed by atoms with van der Waals surface area (Å²) in [5, 5.41) is 6.29. The van der Waals surface area contributed by atoms with Gasteiger partial charge in [0.25, 0.3) is 0 Å². The highest BCUT2D eigenvalue weighted by Crippen LogP contribution is 2.28. The van der Waals surface area contributed by atoms with Gasteiger partial charge in [-0.2, -0.15) is 0 Å². The lowest BCUT2D eigenvalue weighted by Gasteiger charge is -2.31. The van der Waals surface area contributed by atoms with Crippen LogP contribution in [0.4, 0.5) is 0 Å². The molecule has 0 saturated carbocycles. The maximum atomic E-state index is 11.9. The fourth-order valence-electron chi connectivity index (χ4n) is 3.16. The van der Waals surface area contributed by atoms with Gasteiger partial charge in [-0.15, -0.1) is 0 Å². The van der Waals surface area contributed by atoms with E-state index in [4.69, 9.17) is 0 Å². The van der Waals surface area contributed by atoms with Crippen molar-refractivity contribution in [1.82, 2.24) is 10.6 Å². The molecule has 1 fully saturated rings. The lowest BCUT2D eigenvalue weighted by molar-refractivity contribution is -0.124. The van der Waals surface area contributed by atoms with E-state index in [1.807, 2.05) is 6.92 Å². The lowest BCUT2D eigenvalue weighted by Crippen LogP contribution is -2.48. The summed E-state index contributed by atoms with van der Waals surface area (Å²) in [4.78, 5) is 11.9. The summed E-state index contributed by atoms with van der Waals surface area (Å²) in [7, 11) is 0. The molecular formula is C16H32N2O. The summed E-state index contributed by atoms with van der Waals surface area (Å²) < 4.78 is 0. The second-order valence-corrected chi connectivity index (χ2v) is 5.94. The van der Waals surface area contributed by atoms with E-state index in [0.29, 0.717) is 0 Å². The summed E-state index contributed by atoms with van der Waals surface area (Å²) in [5.41, 5.74) is 0. The predicted molar refractivity (Wildman–Crippen MR) is 81.1 cm³/mol. The molecule has 1 heterocycles. The minimum absolute atomic E-state index is 0.0439. The standard InChI is InChI=1S/C16H32N2O/c1-4-7-8-13(5-2)11-14-9-10-18-15(12-14)16(19)17-6-3/h13-15,18H,4-12H2,1-3H3,(H,17,19). The van der Waals surface area contributed by atoms with Gasteiger partial charge in [-0.05, 0) is 44.6 Å². The molecule has 3 atom stereocenters. The van der Waals surface area contributed by atoms with E-state index in [1.54, 1.807) is 0 Å². The van der Waals surface area contributed by atoms with Crippen molar-refractivity contribution in [3.63, 3.8) is 0 Å². The van der Waals surface area contributed by atoms with Crippen LogP contribution in [0.2, 0.25) is 0 Å². The second-order valence-electron chi connectivity index (χ2n) is 5.94. The number of carbonyl (C=O) groups is 1. The van der Waals surface area contributed by atoms with Gasteiger partial charge in [0.2, 0.25) is 5.91 Å². The molecule has 19 heavy (non-hydrogen) atoms. The molecule has 0 aromatic carbocycles. The Hall–Kier alpha value is -0.570. The van der Waals surface area contributed by atoms with Crippen molar-refractivity contribution < 1.29 is 4.79 Å². The van der Waals surface area contributed by atoms with Crippen LogP contribution in [0.3, 0.4) is 0 Å². The average Bonchev–Trinajstić information content (AvgIpc) is 2.44. The van der Waals surface area contributed by atoms with E-state index in [2.05, 4.69) is 24.5 Å². The Morgan fingerprint density at radius 1 is 1.37 bits per heavy atom. The van der Waals surface area contributed by atoms with E-state index >= 15 is 0 Å². The molecule has 3 heteroatoms. The first-order valence-electron chi connectivity index (χ1n) is 8.22. The van der Waals surface area contributed by atoms with Gasteiger partial charge in [-0.3, -0.25) is 4.79 Å². The van der Waals surface area contributed by atoms with Crippen LogP contribution in [0, 0.1) is 11.8 Å². The molecule has 2 N–H and O–H groups in total. The zero-order valence-corrected chi connectivity index (χ0v) is 13.0. The molecule has 1 aliphatic rings. The largest absolute Gasteiger partial charge is 0.355 e. The molecule has 0 spiro atoms. The summed E-state index contributed by atoms with van der Waals surface area (Å²) in [6.45, 7) is 8.29. The van der Waals surface area contributed by atoms with Gasteiger partial charge in [0.05, 0.1) is 6.04 Å². The number of rotatable bonds is 8. The SMILES string of the molecule is CCCCC(CC)CC1CCNC(C(=O)NCC)C1. The van der Waals surface area contributed by atoms with Crippen LogP contribution >= 0.6 is 0 Å². The maximum absolute atomic E-state index is 11.9. The molecule has 1 aliphatic heterocycles. The summed E-state index contributed by atoms with van der Waals surface area (Å²) in [6, 6.07) is 0.0439. The molecule has 0 radical (unpaired) electrons. The molecular weight excluding hydrogens is 236 g/mol. The second kappa shape index (κ2) is 9.35. The van der Waals surface area contributed by atoms with E-state index in [9.17, 15) is 4.79 Å². The lowest BCUT2D eigenvalue weighted by atomic mass is 9.82. The number of hydrogen-bond donors (Lipinski definition) is 2. The fraction of sp³-hybridized carbons (Fsp3) is 0.938. The summed E-state index contributed by atoms with van der Waals surface area (Å²) in [6.07, 6.45) is 8.87. The van der Waals surface area contributed by atoms with Gasteiger partial charge in [-0.1, -0.05) is 39.5 Å².